The Hall–Kier alpha value is -3.75. The molecule has 0 unspecified atom stereocenters. The van der Waals surface area contributed by atoms with Gasteiger partial charge < -0.3 is 0 Å². The van der Waals surface area contributed by atoms with E-state index in [2.05, 4.69) is 21.0 Å². The quantitative estimate of drug-likeness (QED) is 0.497. The summed E-state index contributed by atoms with van der Waals surface area (Å²) in [6.45, 7) is 0. The van der Waals surface area contributed by atoms with E-state index in [0.717, 1.165) is 0 Å². The summed E-state index contributed by atoms with van der Waals surface area (Å²) in [5, 5.41) is 17.8. The van der Waals surface area contributed by atoms with Crippen LogP contribution in [0.4, 0.5) is 5.69 Å². The van der Waals surface area contributed by atoms with Crippen molar-refractivity contribution in [3.05, 3.63) is 69.9 Å². The zero-order valence-electron chi connectivity index (χ0n) is 12.1. The fourth-order valence-corrected chi connectivity index (χ4v) is 2.12. The Kier molecular flexibility index (Phi) is 3.89. The van der Waals surface area contributed by atoms with Gasteiger partial charge in [0.15, 0.2) is 5.69 Å². The molecule has 9 nitrogen and oxygen atoms in total. The number of nitro groups is 1. The van der Waals surface area contributed by atoms with Gasteiger partial charge in [0.25, 0.3) is 17.5 Å². The molecule has 0 atom stereocenters. The van der Waals surface area contributed by atoms with E-state index in [1.807, 2.05) is 0 Å². The topological polar surface area (TPSA) is 130 Å². The first-order valence-corrected chi connectivity index (χ1v) is 6.84. The number of non-ortho nitro benzene ring substituents is 1. The molecule has 0 spiro atoms. The first-order chi connectivity index (χ1) is 11.6. The van der Waals surface area contributed by atoms with Crippen LogP contribution < -0.4 is 10.9 Å². The van der Waals surface area contributed by atoms with Gasteiger partial charge in [0.1, 0.15) is 0 Å². The Morgan fingerprint density at radius 1 is 1.00 bits per heavy atom. The molecule has 120 valence electrons. The van der Waals surface area contributed by atoms with Gasteiger partial charge >= 0.3 is 0 Å². The number of hydrogen-bond acceptors (Lipinski definition) is 5. The Morgan fingerprint density at radius 2 is 1.67 bits per heavy atom. The van der Waals surface area contributed by atoms with Crippen LogP contribution in [0.1, 0.15) is 20.8 Å². The number of nitro benzene ring substituents is 1. The molecule has 0 saturated heterocycles. The molecule has 0 fully saturated rings. The fourth-order valence-electron chi connectivity index (χ4n) is 2.12. The highest BCUT2D eigenvalue weighted by Crippen LogP contribution is 2.14. The number of rotatable bonds is 3. The lowest BCUT2D eigenvalue weighted by atomic mass is 10.2. The van der Waals surface area contributed by atoms with Gasteiger partial charge in [0.05, 0.1) is 10.4 Å². The fraction of sp³-hybridized carbons (Fsp3) is 0. The average molecular weight is 325 g/mol. The van der Waals surface area contributed by atoms with E-state index < -0.39 is 16.7 Å². The van der Waals surface area contributed by atoms with Crippen LogP contribution in [0.25, 0.3) is 10.9 Å². The van der Waals surface area contributed by atoms with Gasteiger partial charge in [-0.1, -0.05) is 18.2 Å². The number of para-hydroxylation sites is 1. The summed E-state index contributed by atoms with van der Waals surface area (Å²) in [6, 6.07) is 12.1. The molecular formula is C15H11N5O4. The van der Waals surface area contributed by atoms with Crippen molar-refractivity contribution >= 4 is 28.4 Å². The molecule has 2 aromatic carbocycles. The van der Waals surface area contributed by atoms with E-state index >= 15 is 0 Å². The largest absolute Gasteiger partial charge is 0.290 e. The minimum absolute atomic E-state index is 0.126. The highest BCUT2D eigenvalue weighted by molar-refractivity contribution is 6.05. The maximum absolute atomic E-state index is 12.1. The molecule has 2 amide bonds. The molecule has 0 aliphatic rings. The van der Waals surface area contributed by atoms with Crippen molar-refractivity contribution in [2.75, 3.05) is 0 Å². The normalized spacial score (nSPS) is 10.3. The number of nitrogens with one attached hydrogen (secondary N) is 3. The number of benzene rings is 2. The van der Waals surface area contributed by atoms with Crippen molar-refractivity contribution in [2.45, 2.75) is 0 Å². The lowest BCUT2D eigenvalue weighted by Gasteiger charge is -2.06. The standard InChI is InChI=1S/C15H11N5O4/c21-14(9-5-7-10(8-6-9)20(23)24)18-19-15(22)13-11-3-1-2-4-12(11)16-17-13/h1-8H,(H,16,17)(H,18,21)(H,19,22). The lowest BCUT2D eigenvalue weighted by molar-refractivity contribution is -0.384. The molecule has 0 bridgehead atoms. The second kappa shape index (κ2) is 6.16. The van der Waals surface area contributed by atoms with Crippen LogP contribution in [0.15, 0.2) is 48.5 Å². The highest BCUT2D eigenvalue weighted by Gasteiger charge is 2.15. The number of carbonyl (C=O) groups is 2. The van der Waals surface area contributed by atoms with Crippen LogP contribution >= 0.6 is 0 Å². The summed E-state index contributed by atoms with van der Waals surface area (Å²) in [5.74, 6) is -1.18. The van der Waals surface area contributed by atoms with Gasteiger partial charge in [-0.3, -0.25) is 35.7 Å². The number of hydrazine groups is 1. The van der Waals surface area contributed by atoms with Crippen molar-refractivity contribution in [2.24, 2.45) is 0 Å². The monoisotopic (exact) mass is 325 g/mol. The van der Waals surface area contributed by atoms with Crippen LogP contribution in [0, 0.1) is 10.1 Å². The molecule has 3 aromatic rings. The Balaban J connectivity index is 1.67. The van der Waals surface area contributed by atoms with Crippen LogP contribution in [-0.4, -0.2) is 26.9 Å². The molecule has 0 aliphatic carbocycles. The van der Waals surface area contributed by atoms with Crippen LogP contribution in [0.3, 0.4) is 0 Å². The van der Waals surface area contributed by atoms with E-state index in [1.54, 1.807) is 24.3 Å². The van der Waals surface area contributed by atoms with Gasteiger partial charge in [-0.05, 0) is 18.2 Å². The van der Waals surface area contributed by atoms with Crippen molar-refractivity contribution < 1.29 is 14.5 Å². The second-order valence-corrected chi connectivity index (χ2v) is 4.83. The minimum Gasteiger partial charge on any atom is -0.277 e. The Labute approximate surface area is 134 Å². The van der Waals surface area contributed by atoms with Crippen molar-refractivity contribution in [1.82, 2.24) is 21.0 Å². The first kappa shape index (κ1) is 15.2. The zero-order valence-corrected chi connectivity index (χ0v) is 12.1. The van der Waals surface area contributed by atoms with E-state index in [9.17, 15) is 19.7 Å². The molecule has 1 heterocycles. The minimum atomic E-state index is -0.599. The predicted molar refractivity (Wildman–Crippen MR) is 84.1 cm³/mol. The molecule has 9 heteroatoms. The number of nitrogens with zero attached hydrogens (tertiary/aromatic N) is 2. The molecular weight excluding hydrogens is 314 g/mol. The van der Waals surface area contributed by atoms with E-state index in [-0.39, 0.29) is 16.9 Å². The number of amides is 2. The van der Waals surface area contributed by atoms with Crippen molar-refractivity contribution in [3.63, 3.8) is 0 Å². The van der Waals surface area contributed by atoms with Crippen LogP contribution in [0.2, 0.25) is 0 Å². The van der Waals surface area contributed by atoms with Crippen LogP contribution in [0.5, 0.6) is 0 Å². The number of hydrogen-bond donors (Lipinski definition) is 3. The zero-order chi connectivity index (χ0) is 17.1. The number of H-pyrrole nitrogens is 1. The molecule has 1 aromatic heterocycles. The van der Waals surface area contributed by atoms with E-state index in [1.165, 1.54) is 24.3 Å². The van der Waals surface area contributed by atoms with Crippen molar-refractivity contribution in [1.29, 1.82) is 0 Å². The summed E-state index contributed by atoms with van der Waals surface area (Å²) in [6.07, 6.45) is 0. The third kappa shape index (κ3) is 2.90. The number of aromatic nitrogens is 2. The third-order valence-corrected chi connectivity index (χ3v) is 3.32. The summed E-state index contributed by atoms with van der Waals surface area (Å²) in [4.78, 5) is 34.1. The Bertz CT molecular complexity index is 932. The molecule has 24 heavy (non-hydrogen) atoms. The predicted octanol–water partition coefficient (Wildman–Crippen LogP) is 1.55. The molecule has 3 N–H and O–H groups in total. The average Bonchev–Trinajstić information content (AvgIpc) is 3.03. The van der Waals surface area contributed by atoms with Gasteiger partial charge in [0, 0.05) is 23.1 Å². The second-order valence-electron chi connectivity index (χ2n) is 4.83. The molecule has 0 saturated carbocycles. The number of aromatic amines is 1. The number of fused-ring (bicyclic) bond motifs is 1. The summed E-state index contributed by atoms with van der Waals surface area (Å²) in [7, 11) is 0. The summed E-state index contributed by atoms with van der Waals surface area (Å²) < 4.78 is 0. The Morgan fingerprint density at radius 3 is 2.38 bits per heavy atom. The maximum Gasteiger partial charge on any atom is 0.290 e. The summed E-state index contributed by atoms with van der Waals surface area (Å²) >= 11 is 0. The van der Waals surface area contributed by atoms with Gasteiger partial charge in [-0.15, -0.1) is 0 Å². The SMILES string of the molecule is O=C(NNC(=O)c1n[nH]c2ccccc12)c1ccc([N+](=O)[O-])cc1. The lowest BCUT2D eigenvalue weighted by Crippen LogP contribution is -2.41. The third-order valence-electron chi connectivity index (χ3n) is 3.32. The van der Waals surface area contributed by atoms with E-state index in [0.29, 0.717) is 10.9 Å². The number of carbonyl (C=O) groups excluding carboxylic acids is 2. The van der Waals surface area contributed by atoms with Crippen LogP contribution in [-0.2, 0) is 0 Å². The maximum atomic E-state index is 12.1. The molecule has 3 rings (SSSR count). The molecule has 0 radical (unpaired) electrons. The summed E-state index contributed by atoms with van der Waals surface area (Å²) in [5.41, 5.74) is 5.39. The van der Waals surface area contributed by atoms with E-state index in [4.69, 9.17) is 0 Å². The smallest absolute Gasteiger partial charge is 0.277 e. The van der Waals surface area contributed by atoms with Crippen molar-refractivity contribution in [3.8, 4) is 0 Å². The van der Waals surface area contributed by atoms with Gasteiger partial charge in [-0.25, -0.2) is 0 Å². The van der Waals surface area contributed by atoms with Gasteiger partial charge in [-0.2, -0.15) is 5.10 Å². The molecule has 0 aliphatic heterocycles. The highest BCUT2D eigenvalue weighted by atomic mass is 16.6. The first-order valence-electron chi connectivity index (χ1n) is 6.84. The van der Waals surface area contributed by atoms with Gasteiger partial charge in [0.2, 0.25) is 0 Å².